The van der Waals surface area contributed by atoms with E-state index in [-0.39, 0.29) is 5.91 Å². The molecule has 1 aliphatic heterocycles. The van der Waals surface area contributed by atoms with Gasteiger partial charge < -0.3 is 0 Å². The Balaban J connectivity index is 2.03. The summed E-state index contributed by atoms with van der Waals surface area (Å²) >= 11 is 1.53. The summed E-state index contributed by atoms with van der Waals surface area (Å²) in [5, 5.41) is 0. The number of hydrogen-bond acceptors (Lipinski definition) is 4. The summed E-state index contributed by atoms with van der Waals surface area (Å²) in [6, 6.07) is 4.49. The summed E-state index contributed by atoms with van der Waals surface area (Å²) in [7, 11) is 0. The van der Waals surface area contributed by atoms with Gasteiger partial charge in [-0.05, 0) is 37.3 Å². The van der Waals surface area contributed by atoms with Gasteiger partial charge in [0.15, 0.2) is 0 Å². The van der Waals surface area contributed by atoms with Crippen LogP contribution in [0.3, 0.4) is 0 Å². The number of nitrogens with two attached hydrogens (primary N) is 1. The summed E-state index contributed by atoms with van der Waals surface area (Å²) in [5.74, 6) is 6.43. The first-order chi connectivity index (χ1) is 9.01. The first-order valence-electron chi connectivity index (χ1n) is 6.85. The zero-order chi connectivity index (χ0) is 14.0. The number of rotatable bonds is 3. The standard InChI is InChI=1S/C14H23N3OS/c1-9-6-10(2)11(3)17(7-9)8-12-4-5-13(19-12)14(18)16-15/h4-5,9-11H,6-8,15H2,1-3H3,(H,16,18). The van der Waals surface area contributed by atoms with Crippen molar-refractivity contribution in [3.05, 3.63) is 21.9 Å². The fourth-order valence-corrected chi connectivity index (χ4v) is 3.83. The molecule has 1 aromatic heterocycles. The van der Waals surface area contributed by atoms with E-state index in [4.69, 9.17) is 5.84 Å². The Morgan fingerprint density at radius 1 is 1.47 bits per heavy atom. The number of amides is 1. The van der Waals surface area contributed by atoms with E-state index in [0.29, 0.717) is 10.9 Å². The van der Waals surface area contributed by atoms with E-state index in [9.17, 15) is 4.79 Å². The van der Waals surface area contributed by atoms with Gasteiger partial charge >= 0.3 is 0 Å². The van der Waals surface area contributed by atoms with Gasteiger partial charge in [-0.15, -0.1) is 11.3 Å². The highest BCUT2D eigenvalue weighted by molar-refractivity contribution is 7.14. The number of piperidine rings is 1. The van der Waals surface area contributed by atoms with Crippen LogP contribution in [0.2, 0.25) is 0 Å². The SMILES string of the molecule is CC1CC(C)C(C)N(Cc2ccc(C(=O)NN)s2)C1. The number of hydrogen-bond donors (Lipinski definition) is 2. The Morgan fingerprint density at radius 3 is 2.89 bits per heavy atom. The quantitative estimate of drug-likeness (QED) is 0.507. The molecule has 1 aliphatic rings. The molecular formula is C14H23N3OS. The molecule has 3 N–H and O–H groups in total. The van der Waals surface area contributed by atoms with Crippen LogP contribution in [-0.4, -0.2) is 23.4 Å². The van der Waals surface area contributed by atoms with E-state index >= 15 is 0 Å². The third-order valence-electron chi connectivity index (χ3n) is 4.10. The number of hydrazine groups is 1. The number of carbonyl (C=O) groups excluding carboxylic acids is 1. The second-order valence-corrected chi connectivity index (χ2v) is 6.90. The fraction of sp³-hybridized carbons (Fsp3) is 0.643. The van der Waals surface area contributed by atoms with Crippen LogP contribution in [-0.2, 0) is 6.54 Å². The van der Waals surface area contributed by atoms with Crippen molar-refractivity contribution in [2.75, 3.05) is 6.54 Å². The summed E-state index contributed by atoms with van der Waals surface area (Å²) in [6.07, 6.45) is 1.31. The number of nitrogen functional groups attached to an aromatic ring is 1. The predicted octanol–water partition coefficient (Wildman–Crippen LogP) is 2.22. The van der Waals surface area contributed by atoms with Crippen molar-refractivity contribution < 1.29 is 4.79 Å². The lowest BCUT2D eigenvalue weighted by Gasteiger charge is -2.40. The molecular weight excluding hydrogens is 258 g/mol. The Bertz CT molecular complexity index is 446. The monoisotopic (exact) mass is 281 g/mol. The molecule has 3 atom stereocenters. The summed E-state index contributed by atoms with van der Waals surface area (Å²) in [5.41, 5.74) is 2.18. The van der Waals surface area contributed by atoms with Crippen molar-refractivity contribution in [1.29, 1.82) is 0 Å². The average molecular weight is 281 g/mol. The Kier molecular flexibility index (Phi) is 4.60. The number of carbonyl (C=O) groups is 1. The molecule has 19 heavy (non-hydrogen) atoms. The highest BCUT2D eigenvalue weighted by Gasteiger charge is 2.28. The molecule has 0 aromatic carbocycles. The van der Waals surface area contributed by atoms with Gasteiger partial charge in [0.25, 0.3) is 5.91 Å². The maximum atomic E-state index is 11.4. The van der Waals surface area contributed by atoms with Crippen molar-refractivity contribution in [2.45, 2.75) is 39.8 Å². The molecule has 2 heterocycles. The number of nitrogens with one attached hydrogen (secondary N) is 1. The summed E-state index contributed by atoms with van der Waals surface area (Å²) < 4.78 is 0. The largest absolute Gasteiger partial charge is 0.295 e. The Morgan fingerprint density at radius 2 is 2.21 bits per heavy atom. The number of thiophene rings is 1. The lowest BCUT2D eigenvalue weighted by Crippen LogP contribution is -2.44. The summed E-state index contributed by atoms with van der Waals surface area (Å²) in [6.45, 7) is 9.02. The van der Waals surface area contributed by atoms with Crippen LogP contribution in [0.15, 0.2) is 12.1 Å². The van der Waals surface area contributed by atoms with Crippen molar-refractivity contribution >= 4 is 17.2 Å². The average Bonchev–Trinajstić information content (AvgIpc) is 2.83. The minimum Gasteiger partial charge on any atom is -0.295 e. The second kappa shape index (κ2) is 6.03. The van der Waals surface area contributed by atoms with Gasteiger partial charge in [0.05, 0.1) is 4.88 Å². The summed E-state index contributed by atoms with van der Waals surface area (Å²) in [4.78, 5) is 15.9. The van der Waals surface area contributed by atoms with Crippen LogP contribution in [0.1, 0.15) is 41.7 Å². The second-order valence-electron chi connectivity index (χ2n) is 5.73. The molecule has 1 fully saturated rings. The lowest BCUT2D eigenvalue weighted by molar-refractivity contribution is 0.0739. The van der Waals surface area contributed by atoms with Crippen molar-refractivity contribution in [3.63, 3.8) is 0 Å². The molecule has 0 radical (unpaired) electrons. The van der Waals surface area contributed by atoms with E-state index < -0.39 is 0 Å². The van der Waals surface area contributed by atoms with Gasteiger partial charge in [0.2, 0.25) is 0 Å². The van der Waals surface area contributed by atoms with E-state index in [1.54, 1.807) is 0 Å². The zero-order valence-corrected chi connectivity index (χ0v) is 12.7. The number of nitrogens with zero attached hydrogens (tertiary/aromatic N) is 1. The molecule has 1 saturated heterocycles. The van der Waals surface area contributed by atoms with E-state index in [1.807, 2.05) is 12.1 Å². The van der Waals surface area contributed by atoms with Crippen LogP contribution >= 0.6 is 11.3 Å². The van der Waals surface area contributed by atoms with Crippen molar-refractivity contribution in [1.82, 2.24) is 10.3 Å². The minimum absolute atomic E-state index is 0.204. The first-order valence-corrected chi connectivity index (χ1v) is 7.66. The predicted molar refractivity (Wildman–Crippen MR) is 78.8 cm³/mol. The van der Waals surface area contributed by atoms with Crippen molar-refractivity contribution in [2.24, 2.45) is 17.7 Å². The van der Waals surface area contributed by atoms with Crippen molar-refractivity contribution in [3.8, 4) is 0 Å². The highest BCUT2D eigenvalue weighted by atomic mass is 32.1. The van der Waals surface area contributed by atoms with Gasteiger partial charge in [0, 0.05) is 24.0 Å². The third-order valence-corrected chi connectivity index (χ3v) is 5.16. The Labute approximate surface area is 118 Å². The topological polar surface area (TPSA) is 58.4 Å². The van der Waals surface area contributed by atoms with Gasteiger partial charge in [-0.25, -0.2) is 5.84 Å². The van der Waals surface area contributed by atoms with Crippen LogP contribution < -0.4 is 11.3 Å². The zero-order valence-electron chi connectivity index (χ0n) is 11.8. The van der Waals surface area contributed by atoms with Gasteiger partial charge in [0.1, 0.15) is 0 Å². The fourth-order valence-electron chi connectivity index (χ4n) is 2.90. The van der Waals surface area contributed by atoms with Crippen LogP contribution in [0.5, 0.6) is 0 Å². The molecule has 2 rings (SSSR count). The molecule has 4 nitrogen and oxygen atoms in total. The van der Waals surface area contributed by atoms with Crippen LogP contribution in [0.4, 0.5) is 0 Å². The Hall–Kier alpha value is -0.910. The molecule has 5 heteroatoms. The number of likely N-dealkylation sites (tertiary alicyclic amines) is 1. The van der Waals surface area contributed by atoms with Gasteiger partial charge in [-0.1, -0.05) is 13.8 Å². The van der Waals surface area contributed by atoms with Crippen LogP contribution in [0, 0.1) is 11.8 Å². The van der Waals surface area contributed by atoms with Gasteiger partial charge in [-0.2, -0.15) is 0 Å². The normalized spacial score (nSPS) is 28.3. The lowest BCUT2D eigenvalue weighted by atomic mass is 9.86. The molecule has 0 aliphatic carbocycles. The molecule has 106 valence electrons. The maximum Gasteiger partial charge on any atom is 0.275 e. The maximum absolute atomic E-state index is 11.4. The van der Waals surface area contributed by atoms with E-state index in [2.05, 4.69) is 31.1 Å². The van der Waals surface area contributed by atoms with Crippen LogP contribution in [0.25, 0.3) is 0 Å². The van der Waals surface area contributed by atoms with Gasteiger partial charge in [-0.3, -0.25) is 15.1 Å². The van der Waals surface area contributed by atoms with E-state index in [1.165, 1.54) is 22.6 Å². The van der Waals surface area contributed by atoms with E-state index in [0.717, 1.165) is 24.9 Å². The smallest absolute Gasteiger partial charge is 0.275 e. The molecule has 0 bridgehead atoms. The highest BCUT2D eigenvalue weighted by Crippen LogP contribution is 2.29. The first kappa shape index (κ1) is 14.5. The molecule has 0 spiro atoms. The third kappa shape index (κ3) is 3.35. The molecule has 3 unspecified atom stereocenters. The minimum atomic E-state index is -0.204. The molecule has 1 aromatic rings. The molecule has 0 saturated carbocycles. The molecule has 1 amide bonds.